The Hall–Kier alpha value is -0.157. The summed E-state index contributed by atoms with van der Waals surface area (Å²) in [4.78, 5) is 0. The summed E-state index contributed by atoms with van der Waals surface area (Å²) in [6.07, 6.45) is 0. The minimum absolute atomic E-state index is 0. The van der Waals surface area contributed by atoms with E-state index in [0.29, 0.717) is 12.0 Å². The Balaban J connectivity index is 0.00000121. The van der Waals surface area contributed by atoms with Gasteiger partial charge in [-0.15, -0.1) is 0 Å². The Morgan fingerprint density at radius 1 is 1.27 bits per heavy atom. The first kappa shape index (κ1) is 8.94. The molecule has 0 unspecified atom stereocenters. The second-order valence-corrected chi connectivity index (χ2v) is 2.98. The van der Waals surface area contributed by atoms with Crippen LogP contribution < -0.4 is 0 Å². The molecular weight excluding hydrogens is 221 g/mol. The average molecular weight is 236 g/mol. The molecule has 0 heterocycles. The van der Waals surface area contributed by atoms with Gasteiger partial charge < -0.3 is 0 Å². The summed E-state index contributed by atoms with van der Waals surface area (Å²) in [7, 11) is 0. The second kappa shape index (κ2) is 4.67. The van der Waals surface area contributed by atoms with Crippen LogP contribution >= 0.6 is 0 Å². The van der Waals surface area contributed by atoms with Gasteiger partial charge in [-0.3, -0.25) is 0 Å². The Labute approximate surface area is 83.2 Å². The molecule has 0 aliphatic heterocycles. The van der Waals surface area contributed by atoms with E-state index in [1.165, 1.54) is 5.56 Å². The van der Waals surface area contributed by atoms with E-state index in [1.807, 2.05) is 19.1 Å². The van der Waals surface area contributed by atoms with Crippen molar-refractivity contribution in [2.75, 3.05) is 0 Å². The topological polar surface area (TPSA) is 0 Å². The number of rotatable bonds is 1. The van der Waals surface area contributed by atoms with Crippen molar-refractivity contribution in [2.24, 2.45) is 0 Å². The third-order valence-corrected chi connectivity index (χ3v) is 1.61. The van der Waals surface area contributed by atoms with Crippen molar-refractivity contribution in [3.05, 3.63) is 35.4 Å². The van der Waals surface area contributed by atoms with Crippen LogP contribution in [0.5, 0.6) is 0 Å². The summed E-state index contributed by atoms with van der Waals surface area (Å²) in [5.74, 6) is 0.461. The first-order chi connectivity index (χ1) is 5.11. The zero-order valence-corrected chi connectivity index (χ0v) is 8.90. The Kier molecular flexibility index (Phi) is 3.79. The summed E-state index contributed by atoms with van der Waals surface area (Å²) >= 11 is 0. The molecule has 0 aliphatic rings. The maximum atomic E-state index is 7.64. The Morgan fingerprint density at radius 2 is 1.91 bits per heavy atom. The van der Waals surface area contributed by atoms with E-state index in [4.69, 9.17) is 1.37 Å². The van der Waals surface area contributed by atoms with Crippen molar-refractivity contribution in [1.82, 2.24) is 0 Å². The smallest absolute Gasteiger partial charge is 0.0590 e. The van der Waals surface area contributed by atoms with Crippen LogP contribution in [-0.4, -0.2) is 0 Å². The summed E-state index contributed by atoms with van der Waals surface area (Å²) in [6.45, 7) is 6.24. The number of aryl methyl sites for hydroxylation is 1. The predicted octanol–water partition coefficient (Wildman–Crippen LogP) is 3.12. The molecule has 0 bridgehead atoms. The van der Waals surface area contributed by atoms with Crippen molar-refractivity contribution in [1.29, 1.82) is 0 Å². The van der Waals surface area contributed by atoms with Gasteiger partial charge in [-0.05, 0) is 18.4 Å². The van der Waals surface area contributed by atoms with Gasteiger partial charge in [0.25, 0.3) is 0 Å². The molecule has 1 heteroatoms. The van der Waals surface area contributed by atoms with Crippen molar-refractivity contribution in [2.45, 2.75) is 26.7 Å². The molecule has 0 saturated carbocycles. The van der Waals surface area contributed by atoms with Crippen LogP contribution in [0.15, 0.2) is 24.2 Å². The molecule has 62 valence electrons. The third kappa shape index (κ3) is 3.16. The van der Waals surface area contributed by atoms with Gasteiger partial charge in [0.1, 0.15) is 0 Å². The van der Waals surface area contributed by atoms with E-state index in [1.54, 1.807) is 0 Å². The van der Waals surface area contributed by atoms with Gasteiger partial charge in [0.05, 0.1) is 1.37 Å². The molecule has 0 N–H and O–H groups in total. The molecule has 0 nitrogen and oxygen atoms in total. The molecule has 0 atom stereocenters. The molecule has 0 spiro atoms. The van der Waals surface area contributed by atoms with Crippen LogP contribution in [0.25, 0.3) is 0 Å². The fraction of sp³-hybridized carbons (Fsp3) is 0.400. The zero-order valence-electron chi connectivity index (χ0n) is 8.16. The standard InChI is InChI=1S/C10H14.Ru/c1-8(2)10-6-4-9(3)5-7-10;/h4-8H,1-3H3;/i6D;. The van der Waals surface area contributed by atoms with Crippen molar-refractivity contribution in [3.8, 4) is 0 Å². The van der Waals surface area contributed by atoms with Crippen LogP contribution in [0.1, 0.15) is 32.3 Å². The minimum Gasteiger partial charge on any atom is -0.0590 e. The van der Waals surface area contributed by atoms with Crippen LogP contribution in [0, 0.1) is 6.92 Å². The summed E-state index contributed by atoms with van der Waals surface area (Å²) in [5.41, 5.74) is 2.30. The molecular formula is C10H14Ru. The van der Waals surface area contributed by atoms with E-state index < -0.39 is 0 Å². The largest absolute Gasteiger partial charge is 0.0626 e. The van der Waals surface area contributed by atoms with E-state index in [9.17, 15) is 0 Å². The molecule has 0 aliphatic carbocycles. The molecule has 11 heavy (non-hydrogen) atoms. The third-order valence-electron chi connectivity index (χ3n) is 1.61. The molecule has 0 radical (unpaired) electrons. The quantitative estimate of drug-likeness (QED) is 0.657. The monoisotopic (exact) mass is 237 g/mol. The van der Waals surface area contributed by atoms with Gasteiger partial charge >= 0.3 is 0 Å². The number of hydrogen-bond donors (Lipinski definition) is 0. The first-order valence-corrected chi connectivity index (χ1v) is 3.68. The van der Waals surface area contributed by atoms with E-state index in [2.05, 4.69) is 19.9 Å². The van der Waals surface area contributed by atoms with Gasteiger partial charge in [-0.2, -0.15) is 0 Å². The maximum Gasteiger partial charge on any atom is 0.0626 e. The zero-order chi connectivity index (χ0) is 8.43. The average Bonchev–Trinajstić information content (AvgIpc) is 1.85. The van der Waals surface area contributed by atoms with E-state index >= 15 is 0 Å². The molecule has 1 aromatic rings. The fourth-order valence-corrected chi connectivity index (χ4v) is 0.874. The van der Waals surface area contributed by atoms with Gasteiger partial charge in [0, 0.05) is 19.5 Å². The molecule has 0 amide bonds. The van der Waals surface area contributed by atoms with Crippen LogP contribution in [-0.2, 0) is 19.5 Å². The van der Waals surface area contributed by atoms with Crippen LogP contribution in [0.2, 0.25) is 0 Å². The van der Waals surface area contributed by atoms with E-state index in [-0.39, 0.29) is 19.5 Å². The van der Waals surface area contributed by atoms with Gasteiger partial charge in [0.15, 0.2) is 0 Å². The van der Waals surface area contributed by atoms with Gasteiger partial charge in [-0.25, -0.2) is 0 Å². The Bertz CT molecular complexity index is 256. The maximum absolute atomic E-state index is 7.64. The van der Waals surface area contributed by atoms with E-state index in [0.717, 1.165) is 5.56 Å². The normalized spacial score (nSPS) is 10.7. The number of benzene rings is 1. The van der Waals surface area contributed by atoms with Gasteiger partial charge in [0.2, 0.25) is 0 Å². The number of hydrogen-bond acceptors (Lipinski definition) is 0. The summed E-state index contributed by atoms with van der Waals surface area (Å²) in [5, 5.41) is 0. The second-order valence-electron chi connectivity index (χ2n) is 2.98. The molecule has 1 aromatic carbocycles. The Morgan fingerprint density at radius 3 is 2.36 bits per heavy atom. The fourth-order valence-electron chi connectivity index (χ4n) is 0.874. The SMILES string of the molecule is [2H]c1cc(C)ccc1C(C)C.[Ru]. The van der Waals surface area contributed by atoms with Crippen LogP contribution in [0.3, 0.4) is 0 Å². The van der Waals surface area contributed by atoms with Crippen molar-refractivity contribution in [3.63, 3.8) is 0 Å². The molecule has 0 saturated heterocycles. The van der Waals surface area contributed by atoms with Crippen molar-refractivity contribution < 1.29 is 20.8 Å². The molecule has 0 aromatic heterocycles. The van der Waals surface area contributed by atoms with Gasteiger partial charge in [-0.1, -0.05) is 43.7 Å². The molecule has 0 fully saturated rings. The minimum atomic E-state index is 0. The first-order valence-electron chi connectivity index (χ1n) is 4.18. The van der Waals surface area contributed by atoms with Crippen molar-refractivity contribution >= 4 is 0 Å². The molecule has 1 rings (SSSR count). The van der Waals surface area contributed by atoms with Crippen LogP contribution in [0.4, 0.5) is 0 Å². The summed E-state index contributed by atoms with van der Waals surface area (Å²) in [6, 6.07) is 6.69. The summed E-state index contributed by atoms with van der Waals surface area (Å²) < 4.78 is 7.64. The predicted molar refractivity (Wildman–Crippen MR) is 45.3 cm³/mol.